The molecule has 4 fully saturated rings. The predicted molar refractivity (Wildman–Crippen MR) is 122 cm³/mol. The lowest BCUT2D eigenvalue weighted by atomic mass is 9.38. The molecule has 5 unspecified atom stereocenters. The van der Waals surface area contributed by atoms with Crippen molar-refractivity contribution in [3.63, 3.8) is 0 Å². The van der Waals surface area contributed by atoms with Crippen LogP contribution in [-0.2, 0) is 28.6 Å². The zero-order valence-corrected chi connectivity index (χ0v) is 20.8. The molecule has 1 saturated heterocycles. The number of carbonyl (C=O) groups excluding carboxylic acids is 3. The Hall–Kier alpha value is -1.83. The van der Waals surface area contributed by atoms with E-state index in [-0.39, 0.29) is 49.1 Å². The van der Waals surface area contributed by atoms with Gasteiger partial charge < -0.3 is 19.3 Å². The summed E-state index contributed by atoms with van der Waals surface area (Å²) < 4.78 is 17.4. The number of esters is 1. The van der Waals surface area contributed by atoms with Crippen LogP contribution in [0.1, 0.15) is 60.3 Å². The first-order valence-corrected chi connectivity index (χ1v) is 12.5. The standard InChI is InChI=1S/C27H36O7/c1-6-23(31)32-13-21(30)27-22(33-14-34-27)11-18-19-9-15(2)17-10-16(28)7-8-24(17,3)26(19,5)20(29)12-25(18,27)4/h7-8,10,15,18-20,22,29H,6,9,11-14H2,1-5H3/t15-,18?,19?,20?,22+,24?,25?,26+,27+/m0/s1. The van der Waals surface area contributed by atoms with Crippen LogP contribution in [0.3, 0.4) is 0 Å². The smallest absolute Gasteiger partial charge is 0.305 e. The Labute approximate surface area is 200 Å². The van der Waals surface area contributed by atoms with Gasteiger partial charge >= 0.3 is 5.97 Å². The van der Waals surface area contributed by atoms with Crippen LogP contribution in [0.4, 0.5) is 0 Å². The average molecular weight is 473 g/mol. The molecule has 34 heavy (non-hydrogen) atoms. The van der Waals surface area contributed by atoms with Gasteiger partial charge in [0.15, 0.2) is 18.0 Å². The van der Waals surface area contributed by atoms with E-state index in [4.69, 9.17) is 14.2 Å². The molecule has 1 heterocycles. The molecule has 0 aromatic heterocycles. The molecule has 0 spiro atoms. The summed E-state index contributed by atoms with van der Waals surface area (Å²) in [4.78, 5) is 37.7. The predicted octanol–water partition coefficient (Wildman–Crippen LogP) is 3.15. The van der Waals surface area contributed by atoms with Gasteiger partial charge in [0.25, 0.3) is 0 Å². The summed E-state index contributed by atoms with van der Waals surface area (Å²) >= 11 is 0. The van der Waals surface area contributed by atoms with Gasteiger partial charge in [0.05, 0.1) is 12.2 Å². The van der Waals surface area contributed by atoms with E-state index in [9.17, 15) is 19.5 Å². The van der Waals surface area contributed by atoms with Crippen molar-refractivity contribution in [2.75, 3.05) is 13.4 Å². The van der Waals surface area contributed by atoms with Crippen molar-refractivity contribution in [1.29, 1.82) is 0 Å². The first kappa shape index (κ1) is 23.9. The summed E-state index contributed by atoms with van der Waals surface area (Å²) in [5, 5.41) is 11.9. The van der Waals surface area contributed by atoms with Gasteiger partial charge in [-0.05, 0) is 49.2 Å². The number of fused-ring (bicyclic) bond motifs is 7. The van der Waals surface area contributed by atoms with Crippen molar-refractivity contribution in [3.05, 3.63) is 23.8 Å². The molecular weight excluding hydrogens is 436 g/mol. The van der Waals surface area contributed by atoms with Crippen LogP contribution in [0, 0.1) is 34.0 Å². The van der Waals surface area contributed by atoms with Gasteiger partial charge in [-0.3, -0.25) is 14.4 Å². The zero-order valence-electron chi connectivity index (χ0n) is 20.8. The molecule has 0 radical (unpaired) electrons. The van der Waals surface area contributed by atoms with Crippen LogP contribution in [0.25, 0.3) is 0 Å². The van der Waals surface area contributed by atoms with E-state index in [1.165, 1.54) is 0 Å². The topological polar surface area (TPSA) is 99.1 Å². The maximum Gasteiger partial charge on any atom is 0.305 e. The van der Waals surface area contributed by atoms with E-state index in [0.29, 0.717) is 12.8 Å². The molecule has 0 aromatic rings. The van der Waals surface area contributed by atoms with E-state index in [0.717, 1.165) is 12.0 Å². The molecule has 1 aliphatic heterocycles. The highest BCUT2D eigenvalue weighted by molar-refractivity contribution is 6.01. The third kappa shape index (κ3) is 2.72. The fourth-order valence-electron chi connectivity index (χ4n) is 8.57. The second kappa shape index (κ2) is 7.58. The van der Waals surface area contributed by atoms with E-state index >= 15 is 0 Å². The van der Waals surface area contributed by atoms with E-state index in [2.05, 4.69) is 20.8 Å². The van der Waals surface area contributed by atoms with Crippen molar-refractivity contribution in [1.82, 2.24) is 0 Å². The number of allylic oxidation sites excluding steroid dienone is 4. The van der Waals surface area contributed by atoms with Crippen LogP contribution in [0.2, 0.25) is 0 Å². The minimum absolute atomic E-state index is 0.000105. The summed E-state index contributed by atoms with van der Waals surface area (Å²) in [5.74, 6) is -0.369. The maximum atomic E-state index is 13.6. The molecule has 3 saturated carbocycles. The van der Waals surface area contributed by atoms with Gasteiger partial charge in [-0.15, -0.1) is 0 Å². The monoisotopic (exact) mass is 472 g/mol. The fourth-order valence-corrected chi connectivity index (χ4v) is 8.57. The number of hydrogen-bond acceptors (Lipinski definition) is 7. The molecule has 1 N–H and O–H groups in total. The molecule has 186 valence electrons. The normalized spacial score (nSPS) is 48.9. The van der Waals surface area contributed by atoms with Gasteiger partial charge in [0.1, 0.15) is 6.79 Å². The Kier molecular flexibility index (Phi) is 5.33. The van der Waals surface area contributed by atoms with E-state index in [1.807, 2.05) is 13.0 Å². The summed E-state index contributed by atoms with van der Waals surface area (Å²) in [5.41, 5.74) is -1.79. The van der Waals surface area contributed by atoms with Gasteiger partial charge in [-0.2, -0.15) is 0 Å². The number of ether oxygens (including phenoxy) is 3. The Bertz CT molecular complexity index is 999. The molecule has 5 rings (SSSR count). The van der Waals surface area contributed by atoms with Crippen LogP contribution >= 0.6 is 0 Å². The van der Waals surface area contributed by atoms with Gasteiger partial charge in [0, 0.05) is 22.7 Å². The minimum atomic E-state index is -1.24. The SMILES string of the molecule is CCC(=O)OCC(=O)[C@@]12OCO[C@@H]1CC1C3C[C@H](C)C4=CC(=O)C=CC4(C)[C@@]3(C)C(O)CC12C. The molecule has 0 bridgehead atoms. The third-order valence-electron chi connectivity index (χ3n) is 10.5. The number of aliphatic hydroxyl groups is 1. The zero-order chi connectivity index (χ0) is 24.7. The molecule has 5 aliphatic rings. The highest BCUT2D eigenvalue weighted by Gasteiger charge is 2.77. The summed E-state index contributed by atoms with van der Waals surface area (Å²) in [6, 6.07) is 0. The maximum absolute atomic E-state index is 13.6. The fraction of sp³-hybridized carbons (Fsp3) is 0.741. The molecule has 4 aliphatic carbocycles. The number of rotatable bonds is 4. The van der Waals surface area contributed by atoms with Crippen molar-refractivity contribution < 1.29 is 33.7 Å². The second-order valence-electron chi connectivity index (χ2n) is 11.6. The summed E-state index contributed by atoms with van der Waals surface area (Å²) in [6.07, 6.45) is 6.27. The Balaban J connectivity index is 1.57. The van der Waals surface area contributed by atoms with Crippen molar-refractivity contribution >= 4 is 17.5 Å². The summed E-state index contributed by atoms with van der Waals surface area (Å²) in [7, 11) is 0. The van der Waals surface area contributed by atoms with Crippen LogP contribution in [0.15, 0.2) is 23.8 Å². The number of aliphatic hydroxyl groups excluding tert-OH is 1. The van der Waals surface area contributed by atoms with Crippen molar-refractivity contribution in [2.24, 2.45) is 34.0 Å². The lowest BCUT2D eigenvalue weighted by molar-refractivity contribution is -0.215. The number of carbonyl (C=O) groups is 3. The number of hydrogen-bond donors (Lipinski definition) is 1. The third-order valence-corrected chi connectivity index (χ3v) is 10.5. The van der Waals surface area contributed by atoms with Crippen LogP contribution in [-0.4, -0.2) is 53.9 Å². The second-order valence-corrected chi connectivity index (χ2v) is 11.6. The summed E-state index contributed by atoms with van der Waals surface area (Å²) in [6.45, 7) is 9.85. The van der Waals surface area contributed by atoms with E-state index < -0.39 is 40.0 Å². The molecule has 7 nitrogen and oxygen atoms in total. The largest absolute Gasteiger partial charge is 0.458 e. The van der Waals surface area contributed by atoms with E-state index in [1.54, 1.807) is 19.1 Å². The Morgan fingerprint density at radius 2 is 1.94 bits per heavy atom. The molecule has 9 atom stereocenters. The first-order valence-electron chi connectivity index (χ1n) is 12.5. The Morgan fingerprint density at radius 3 is 2.65 bits per heavy atom. The average Bonchev–Trinajstić information content (AvgIpc) is 3.32. The lowest BCUT2D eigenvalue weighted by Gasteiger charge is -2.66. The quantitative estimate of drug-likeness (QED) is 0.628. The van der Waals surface area contributed by atoms with Crippen molar-refractivity contribution in [3.8, 4) is 0 Å². The molecule has 7 heteroatoms. The molecule has 0 amide bonds. The first-order chi connectivity index (χ1) is 16.0. The number of ketones is 2. The highest BCUT2D eigenvalue weighted by Crippen LogP contribution is 2.73. The molecular formula is C27H36O7. The Morgan fingerprint density at radius 1 is 1.21 bits per heavy atom. The van der Waals surface area contributed by atoms with Crippen molar-refractivity contribution in [2.45, 2.75) is 78.1 Å². The minimum Gasteiger partial charge on any atom is -0.458 e. The lowest BCUT2D eigenvalue weighted by Crippen LogP contribution is -2.67. The van der Waals surface area contributed by atoms with Gasteiger partial charge in [0.2, 0.25) is 5.78 Å². The van der Waals surface area contributed by atoms with Gasteiger partial charge in [-0.25, -0.2) is 0 Å². The number of Topliss-reactive ketones (excluding diaryl/α,β-unsaturated/α-hetero) is 1. The van der Waals surface area contributed by atoms with Crippen LogP contribution in [0.5, 0.6) is 0 Å². The van der Waals surface area contributed by atoms with Crippen LogP contribution < -0.4 is 0 Å². The molecule has 0 aromatic carbocycles. The highest BCUT2D eigenvalue weighted by atomic mass is 16.7. The van der Waals surface area contributed by atoms with Gasteiger partial charge in [-0.1, -0.05) is 46.3 Å².